The van der Waals surface area contributed by atoms with Crippen LogP contribution >= 0.6 is 0 Å². The number of hydrogen-bond acceptors (Lipinski definition) is 7. The summed E-state index contributed by atoms with van der Waals surface area (Å²) < 4.78 is 0. The highest BCUT2D eigenvalue weighted by atomic mass is 16.2. The lowest BCUT2D eigenvalue weighted by atomic mass is 9.97. The quantitative estimate of drug-likeness (QED) is 0.0700. The molecule has 0 aliphatic rings. The molecule has 0 fully saturated rings. The fraction of sp³-hybridized carbons (Fsp3) is 0.625. The van der Waals surface area contributed by atoms with Gasteiger partial charge in [-0.25, -0.2) is 0 Å². The molecule has 320 valence electrons. The predicted octanol–water partition coefficient (Wildman–Crippen LogP) is 11.1. The first-order valence-electron chi connectivity index (χ1n) is 22.2. The third-order valence-electron chi connectivity index (χ3n) is 11.1. The van der Waals surface area contributed by atoms with Crippen LogP contribution in [0.4, 0.5) is 17.1 Å². The molecule has 3 amide bonds. The fourth-order valence-corrected chi connectivity index (χ4v) is 7.30. The van der Waals surface area contributed by atoms with Gasteiger partial charge in [-0.05, 0) is 73.0 Å². The Morgan fingerprint density at radius 3 is 0.983 bits per heavy atom. The fourth-order valence-electron chi connectivity index (χ4n) is 7.30. The standard InChI is InChI=1S/C48H75N7O3/c1-34(2)13-10-16-37(7)19-28-52-46(56)40-31-49-25-22-43(40)55(44-23-26-50-32-41(44)47(57)53-29-20-38(8)17-11-14-35(3)4)45-24-27-51-33-42(45)48(58)54-30-21-39(9)18-12-15-36(5)6/h22-27,31-39H,10-21,28-30H2,1-9H3,(H,52,56)(H,53,57)(H,54,58)/t37-,38-,39-/m0/s1. The molecular weight excluding hydrogens is 723 g/mol. The van der Waals surface area contributed by atoms with Gasteiger partial charge in [-0.1, -0.05) is 120 Å². The molecule has 3 rings (SSSR count). The normalized spacial score (nSPS) is 13.0. The van der Waals surface area contributed by atoms with Gasteiger partial charge in [0.05, 0.1) is 33.8 Å². The Bertz CT molecular complexity index is 1480. The monoisotopic (exact) mass is 798 g/mol. The second-order valence-corrected chi connectivity index (χ2v) is 17.9. The van der Waals surface area contributed by atoms with Crippen LogP contribution < -0.4 is 20.9 Å². The highest BCUT2D eigenvalue weighted by Crippen LogP contribution is 2.39. The molecule has 3 aromatic rings. The van der Waals surface area contributed by atoms with Crippen LogP contribution in [-0.2, 0) is 0 Å². The number of anilines is 3. The summed E-state index contributed by atoms with van der Waals surface area (Å²) in [6.07, 6.45) is 22.6. The van der Waals surface area contributed by atoms with Crippen LogP contribution in [0, 0.1) is 35.5 Å². The van der Waals surface area contributed by atoms with E-state index in [0.29, 0.717) is 88.9 Å². The maximum absolute atomic E-state index is 14.0. The minimum Gasteiger partial charge on any atom is -0.352 e. The van der Waals surface area contributed by atoms with E-state index >= 15 is 0 Å². The average molecular weight is 798 g/mol. The molecule has 3 aromatic heterocycles. The van der Waals surface area contributed by atoms with Crippen molar-refractivity contribution in [1.29, 1.82) is 0 Å². The Kier molecular flexibility index (Phi) is 21.4. The van der Waals surface area contributed by atoms with Crippen molar-refractivity contribution < 1.29 is 14.4 Å². The zero-order valence-corrected chi connectivity index (χ0v) is 37.3. The van der Waals surface area contributed by atoms with Crippen LogP contribution in [0.3, 0.4) is 0 Å². The first-order chi connectivity index (χ1) is 27.8. The van der Waals surface area contributed by atoms with E-state index in [0.717, 1.165) is 38.5 Å². The summed E-state index contributed by atoms with van der Waals surface area (Å²) in [5.74, 6) is 2.64. The van der Waals surface area contributed by atoms with Crippen LogP contribution in [0.15, 0.2) is 55.4 Å². The molecule has 3 N–H and O–H groups in total. The second kappa shape index (κ2) is 25.9. The number of carbonyl (C=O) groups is 3. The van der Waals surface area contributed by atoms with Gasteiger partial charge in [0.15, 0.2) is 0 Å². The largest absolute Gasteiger partial charge is 0.352 e. The maximum Gasteiger partial charge on any atom is 0.254 e. The number of rotatable bonds is 27. The van der Waals surface area contributed by atoms with Crippen molar-refractivity contribution in [3.63, 3.8) is 0 Å². The average Bonchev–Trinajstić information content (AvgIpc) is 3.18. The molecule has 0 aliphatic carbocycles. The highest BCUT2D eigenvalue weighted by Gasteiger charge is 2.28. The smallest absolute Gasteiger partial charge is 0.254 e. The lowest BCUT2D eigenvalue weighted by Gasteiger charge is -2.30. The predicted molar refractivity (Wildman–Crippen MR) is 239 cm³/mol. The van der Waals surface area contributed by atoms with Crippen molar-refractivity contribution in [2.75, 3.05) is 24.5 Å². The SMILES string of the molecule is CC(C)CCC[C@H](C)CCNC(=O)c1cnccc1N(c1ccncc1C(=O)NCC[C@@H](C)CCCC(C)C)c1ccncc1C(=O)NCC[C@@H](C)CCCC(C)C. The number of nitrogens with one attached hydrogen (secondary N) is 3. The van der Waals surface area contributed by atoms with E-state index in [-0.39, 0.29) is 17.7 Å². The number of carbonyl (C=O) groups excluding carboxylic acids is 3. The van der Waals surface area contributed by atoms with Gasteiger partial charge in [0.2, 0.25) is 0 Å². The number of pyridine rings is 3. The Morgan fingerprint density at radius 1 is 0.448 bits per heavy atom. The topological polar surface area (TPSA) is 129 Å². The molecule has 0 aromatic carbocycles. The van der Waals surface area contributed by atoms with Crippen molar-refractivity contribution >= 4 is 34.8 Å². The lowest BCUT2D eigenvalue weighted by molar-refractivity contribution is 0.0944. The molecule has 58 heavy (non-hydrogen) atoms. The summed E-state index contributed by atoms with van der Waals surface area (Å²) in [5, 5.41) is 9.39. The molecule has 3 heterocycles. The molecular formula is C48H75N7O3. The van der Waals surface area contributed by atoms with E-state index < -0.39 is 0 Å². The molecule has 0 aliphatic heterocycles. The lowest BCUT2D eigenvalue weighted by Crippen LogP contribution is -2.31. The summed E-state index contributed by atoms with van der Waals surface area (Å²) in [6, 6.07) is 5.27. The molecule has 0 saturated heterocycles. The number of nitrogens with zero attached hydrogens (tertiary/aromatic N) is 4. The molecule has 0 saturated carbocycles. The molecule has 0 radical (unpaired) electrons. The van der Waals surface area contributed by atoms with Crippen LogP contribution in [0.5, 0.6) is 0 Å². The van der Waals surface area contributed by atoms with E-state index in [1.807, 2.05) is 0 Å². The van der Waals surface area contributed by atoms with Gasteiger partial charge in [0, 0.05) is 56.8 Å². The zero-order chi connectivity index (χ0) is 42.5. The third kappa shape index (κ3) is 16.9. The maximum atomic E-state index is 14.0. The van der Waals surface area contributed by atoms with E-state index in [4.69, 9.17) is 0 Å². The Balaban J connectivity index is 1.95. The van der Waals surface area contributed by atoms with Crippen LogP contribution in [0.2, 0.25) is 0 Å². The molecule has 0 unspecified atom stereocenters. The summed E-state index contributed by atoms with van der Waals surface area (Å²) in [4.78, 5) is 57.0. The summed E-state index contributed by atoms with van der Waals surface area (Å²) >= 11 is 0. The first kappa shape index (κ1) is 48.0. The molecule has 0 bridgehead atoms. The van der Waals surface area contributed by atoms with E-state index in [2.05, 4.69) is 93.2 Å². The van der Waals surface area contributed by atoms with Crippen LogP contribution in [-0.4, -0.2) is 52.3 Å². The third-order valence-corrected chi connectivity index (χ3v) is 11.1. The number of hydrogen-bond donors (Lipinski definition) is 3. The van der Waals surface area contributed by atoms with Crippen LogP contribution in [0.1, 0.15) is 170 Å². The minimum atomic E-state index is -0.277. The molecule has 3 atom stereocenters. The Labute approximate surface area is 350 Å². The van der Waals surface area contributed by atoms with Crippen molar-refractivity contribution in [2.45, 2.75) is 139 Å². The van der Waals surface area contributed by atoms with Crippen molar-refractivity contribution in [3.8, 4) is 0 Å². The first-order valence-corrected chi connectivity index (χ1v) is 22.2. The zero-order valence-electron chi connectivity index (χ0n) is 37.3. The van der Waals surface area contributed by atoms with Gasteiger partial charge in [-0.15, -0.1) is 0 Å². The van der Waals surface area contributed by atoms with E-state index in [1.165, 1.54) is 38.5 Å². The van der Waals surface area contributed by atoms with Crippen molar-refractivity contribution in [2.24, 2.45) is 35.5 Å². The Hall–Kier alpha value is -4.34. The van der Waals surface area contributed by atoms with Gasteiger partial charge in [-0.2, -0.15) is 0 Å². The molecule has 10 nitrogen and oxygen atoms in total. The summed E-state index contributed by atoms with van der Waals surface area (Å²) in [5.41, 5.74) is 2.42. The molecule has 10 heteroatoms. The second-order valence-electron chi connectivity index (χ2n) is 17.9. The van der Waals surface area contributed by atoms with Gasteiger partial charge in [0.1, 0.15) is 0 Å². The Morgan fingerprint density at radius 2 is 0.724 bits per heavy atom. The number of aromatic nitrogens is 3. The summed E-state index contributed by atoms with van der Waals surface area (Å²) in [7, 11) is 0. The van der Waals surface area contributed by atoms with Crippen molar-refractivity contribution in [3.05, 3.63) is 72.1 Å². The van der Waals surface area contributed by atoms with Gasteiger partial charge < -0.3 is 20.9 Å². The van der Waals surface area contributed by atoms with Gasteiger partial charge >= 0.3 is 0 Å². The highest BCUT2D eigenvalue weighted by molar-refractivity contribution is 6.08. The van der Waals surface area contributed by atoms with Gasteiger partial charge in [0.25, 0.3) is 17.7 Å². The van der Waals surface area contributed by atoms with Crippen LogP contribution in [0.25, 0.3) is 0 Å². The van der Waals surface area contributed by atoms with E-state index in [1.54, 1.807) is 60.3 Å². The minimum absolute atomic E-state index is 0.277. The summed E-state index contributed by atoms with van der Waals surface area (Å²) in [6.45, 7) is 21.7. The number of amides is 3. The van der Waals surface area contributed by atoms with E-state index in [9.17, 15) is 14.4 Å². The van der Waals surface area contributed by atoms with Crippen molar-refractivity contribution in [1.82, 2.24) is 30.9 Å². The molecule has 0 spiro atoms. The van der Waals surface area contributed by atoms with Gasteiger partial charge in [-0.3, -0.25) is 29.3 Å².